The number of carbonyl (C=O) groups is 3. The minimum Gasteiger partial charge on any atom is -0.481 e. The number of carboxylic acids is 1. The number of aromatic nitrogens is 2. The molecule has 0 fully saturated rings. The van der Waals surface area contributed by atoms with Gasteiger partial charge in [0, 0.05) is 43.0 Å². The molecule has 2 heterocycles. The van der Waals surface area contributed by atoms with Crippen molar-refractivity contribution in [2.24, 2.45) is 0 Å². The van der Waals surface area contributed by atoms with Crippen molar-refractivity contribution in [3.8, 4) is 11.3 Å². The third-order valence-corrected chi connectivity index (χ3v) is 6.72. The van der Waals surface area contributed by atoms with Gasteiger partial charge in [-0.25, -0.2) is 13.4 Å². The van der Waals surface area contributed by atoms with Gasteiger partial charge in [-0.15, -0.1) is 11.3 Å². The summed E-state index contributed by atoms with van der Waals surface area (Å²) in [4.78, 5) is 40.8. The SMILES string of the molecule is CS(=O)(=O)n1ccc(C(=O)N[C@@H](CCOCCCC(=O)O)C(=O)Nc2nc(-c3ccccc3)cs2)c1. The predicted octanol–water partition coefficient (Wildman–Crippen LogP) is 2.43. The lowest BCUT2D eigenvalue weighted by molar-refractivity contribution is -0.137. The van der Waals surface area contributed by atoms with Crippen molar-refractivity contribution in [1.29, 1.82) is 0 Å². The molecule has 0 aliphatic carbocycles. The number of benzene rings is 1. The summed E-state index contributed by atoms with van der Waals surface area (Å²) in [7, 11) is -3.56. The molecule has 3 N–H and O–H groups in total. The number of nitrogens with zero attached hydrogens (tertiary/aromatic N) is 2. The second kappa shape index (κ2) is 12.4. The summed E-state index contributed by atoms with van der Waals surface area (Å²) in [5.41, 5.74) is 1.66. The smallest absolute Gasteiger partial charge is 0.303 e. The number of rotatable bonds is 13. The van der Waals surface area contributed by atoms with E-state index in [9.17, 15) is 22.8 Å². The van der Waals surface area contributed by atoms with Crippen molar-refractivity contribution in [2.45, 2.75) is 25.3 Å². The van der Waals surface area contributed by atoms with E-state index in [1.807, 2.05) is 30.3 Å². The maximum absolute atomic E-state index is 13.0. The van der Waals surface area contributed by atoms with E-state index in [2.05, 4.69) is 15.6 Å². The van der Waals surface area contributed by atoms with Crippen LogP contribution in [0.2, 0.25) is 0 Å². The van der Waals surface area contributed by atoms with Crippen LogP contribution < -0.4 is 10.6 Å². The summed E-state index contributed by atoms with van der Waals surface area (Å²) >= 11 is 1.24. The quantitative estimate of drug-likeness (QED) is 0.282. The first-order valence-corrected chi connectivity index (χ1v) is 13.7. The molecule has 0 saturated heterocycles. The maximum atomic E-state index is 13.0. The normalized spacial score (nSPS) is 12.1. The molecule has 2 amide bonds. The molecule has 13 heteroatoms. The van der Waals surface area contributed by atoms with Gasteiger partial charge in [-0.3, -0.25) is 18.4 Å². The van der Waals surface area contributed by atoms with Crippen LogP contribution in [0.4, 0.5) is 5.13 Å². The van der Waals surface area contributed by atoms with Crippen LogP contribution >= 0.6 is 11.3 Å². The van der Waals surface area contributed by atoms with E-state index in [4.69, 9.17) is 9.84 Å². The molecule has 1 aromatic carbocycles. The summed E-state index contributed by atoms with van der Waals surface area (Å²) in [6, 6.07) is 9.77. The van der Waals surface area contributed by atoms with Gasteiger partial charge in [-0.05, 0) is 18.9 Å². The first-order chi connectivity index (χ1) is 17.1. The summed E-state index contributed by atoms with van der Waals surface area (Å²) in [6.45, 7) is 0.286. The molecule has 0 unspecified atom stereocenters. The van der Waals surface area contributed by atoms with E-state index >= 15 is 0 Å². The second-order valence-electron chi connectivity index (χ2n) is 7.81. The lowest BCUT2D eigenvalue weighted by atomic mass is 10.2. The molecule has 2 aromatic heterocycles. The Hall–Kier alpha value is -3.55. The minimum absolute atomic E-state index is 0.0359. The van der Waals surface area contributed by atoms with Crippen molar-refractivity contribution < 1.29 is 32.6 Å². The Labute approximate surface area is 212 Å². The van der Waals surface area contributed by atoms with E-state index in [0.29, 0.717) is 17.2 Å². The van der Waals surface area contributed by atoms with Crippen molar-refractivity contribution >= 4 is 44.3 Å². The van der Waals surface area contributed by atoms with Gasteiger partial charge < -0.3 is 20.5 Å². The highest BCUT2D eigenvalue weighted by Crippen LogP contribution is 2.24. The Kier molecular flexibility index (Phi) is 9.33. The molecule has 0 bridgehead atoms. The van der Waals surface area contributed by atoms with Crippen LogP contribution in [0, 0.1) is 0 Å². The van der Waals surface area contributed by atoms with Crippen molar-refractivity contribution in [3.63, 3.8) is 0 Å². The number of thiazole rings is 1. The Morgan fingerprint density at radius 2 is 1.92 bits per heavy atom. The zero-order chi connectivity index (χ0) is 26.1. The molecule has 0 aliphatic rings. The number of aliphatic carboxylic acids is 1. The first kappa shape index (κ1) is 27.0. The average Bonchev–Trinajstić information content (AvgIpc) is 3.51. The van der Waals surface area contributed by atoms with E-state index < -0.39 is 33.8 Å². The topological polar surface area (TPSA) is 157 Å². The van der Waals surface area contributed by atoms with Gasteiger partial charge in [0.2, 0.25) is 15.9 Å². The molecule has 0 spiro atoms. The van der Waals surface area contributed by atoms with E-state index in [1.54, 1.807) is 5.38 Å². The lowest BCUT2D eigenvalue weighted by Crippen LogP contribution is -2.44. The number of hydrogen-bond donors (Lipinski definition) is 3. The number of amides is 2. The molecule has 1 atom stereocenters. The van der Waals surface area contributed by atoms with E-state index in [0.717, 1.165) is 22.0 Å². The molecule has 11 nitrogen and oxygen atoms in total. The van der Waals surface area contributed by atoms with Crippen LogP contribution in [0.3, 0.4) is 0 Å². The van der Waals surface area contributed by atoms with Gasteiger partial charge >= 0.3 is 5.97 Å². The van der Waals surface area contributed by atoms with Crippen molar-refractivity contribution in [1.82, 2.24) is 14.3 Å². The summed E-state index contributed by atoms with van der Waals surface area (Å²) in [6.07, 6.45) is 3.80. The molecule has 0 radical (unpaired) electrons. The first-order valence-electron chi connectivity index (χ1n) is 10.9. The molecule has 0 saturated carbocycles. The van der Waals surface area contributed by atoms with Gasteiger partial charge in [0.1, 0.15) is 6.04 Å². The van der Waals surface area contributed by atoms with Crippen LogP contribution in [-0.4, -0.2) is 65.8 Å². The molecule has 0 aliphatic heterocycles. The Morgan fingerprint density at radius 3 is 2.58 bits per heavy atom. The van der Waals surface area contributed by atoms with Crippen LogP contribution in [0.5, 0.6) is 0 Å². The molecule has 3 rings (SSSR count). The predicted molar refractivity (Wildman–Crippen MR) is 134 cm³/mol. The highest BCUT2D eigenvalue weighted by Gasteiger charge is 2.23. The highest BCUT2D eigenvalue weighted by molar-refractivity contribution is 7.89. The fourth-order valence-corrected chi connectivity index (χ4v) is 4.43. The van der Waals surface area contributed by atoms with Crippen LogP contribution in [0.15, 0.2) is 54.2 Å². The number of nitrogens with one attached hydrogen (secondary N) is 2. The van der Waals surface area contributed by atoms with Gasteiger partial charge in [0.15, 0.2) is 5.13 Å². The van der Waals surface area contributed by atoms with Crippen molar-refractivity contribution in [3.05, 3.63) is 59.7 Å². The van der Waals surface area contributed by atoms with E-state index in [-0.39, 0.29) is 31.6 Å². The van der Waals surface area contributed by atoms with Crippen LogP contribution in [-0.2, 0) is 24.3 Å². The van der Waals surface area contributed by atoms with Gasteiger partial charge in [-0.2, -0.15) is 0 Å². The summed E-state index contributed by atoms with van der Waals surface area (Å²) < 4.78 is 29.7. The Bertz CT molecular complexity index is 1300. The summed E-state index contributed by atoms with van der Waals surface area (Å²) in [5.74, 6) is -2.08. The average molecular weight is 535 g/mol. The minimum atomic E-state index is -3.56. The van der Waals surface area contributed by atoms with Crippen molar-refractivity contribution in [2.75, 3.05) is 24.8 Å². The van der Waals surface area contributed by atoms with Gasteiger partial charge in [0.25, 0.3) is 5.91 Å². The summed E-state index contributed by atoms with van der Waals surface area (Å²) in [5, 5.41) is 16.2. The number of ether oxygens (including phenoxy) is 1. The number of carbonyl (C=O) groups excluding carboxylic acids is 2. The highest BCUT2D eigenvalue weighted by atomic mass is 32.2. The molecular weight excluding hydrogens is 508 g/mol. The number of anilines is 1. The van der Waals surface area contributed by atoms with Crippen LogP contribution in [0.1, 0.15) is 29.6 Å². The zero-order valence-corrected chi connectivity index (χ0v) is 21.0. The van der Waals surface area contributed by atoms with Gasteiger partial charge in [0.05, 0.1) is 17.5 Å². The fraction of sp³-hybridized carbons (Fsp3) is 0.304. The largest absolute Gasteiger partial charge is 0.481 e. The lowest BCUT2D eigenvalue weighted by Gasteiger charge is -2.17. The molecule has 192 valence electrons. The standard InChI is InChI=1S/C23H26N4O7S2/c1-36(32,33)27-11-9-17(14-27)21(30)24-18(10-13-34-12-5-8-20(28)29)22(31)26-23-25-19(15-35-23)16-6-3-2-4-7-16/h2-4,6-7,9,11,14-15,18H,5,8,10,12-13H2,1H3,(H,24,30)(H,28,29)(H,25,26,31)/t18-/m0/s1. The number of carboxylic acid groups (broad SMARTS) is 1. The molecule has 36 heavy (non-hydrogen) atoms. The monoisotopic (exact) mass is 534 g/mol. The Morgan fingerprint density at radius 1 is 1.17 bits per heavy atom. The fourth-order valence-electron chi connectivity index (χ4n) is 3.12. The van der Waals surface area contributed by atoms with Gasteiger partial charge in [-0.1, -0.05) is 30.3 Å². The third-order valence-electron chi connectivity index (χ3n) is 4.97. The zero-order valence-electron chi connectivity index (χ0n) is 19.4. The molecule has 3 aromatic rings. The molecular formula is C23H26N4O7S2. The van der Waals surface area contributed by atoms with Crippen LogP contribution in [0.25, 0.3) is 11.3 Å². The third kappa shape index (κ3) is 8.00. The Balaban J connectivity index is 1.66. The van der Waals surface area contributed by atoms with E-state index in [1.165, 1.54) is 23.6 Å². The maximum Gasteiger partial charge on any atom is 0.303 e. The second-order valence-corrected chi connectivity index (χ2v) is 10.6. The number of hydrogen-bond acceptors (Lipinski definition) is 8.